The molecular formula is C14H18O4. The van der Waals surface area contributed by atoms with E-state index in [0.29, 0.717) is 13.2 Å². The Morgan fingerprint density at radius 3 is 3.06 bits per heavy atom. The van der Waals surface area contributed by atoms with Gasteiger partial charge in [0.1, 0.15) is 11.5 Å². The summed E-state index contributed by atoms with van der Waals surface area (Å²) in [6.45, 7) is 2.85. The van der Waals surface area contributed by atoms with Gasteiger partial charge in [0.25, 0.3) is 0 Å². The summed E-state index contributed by atoms with van der Waals surface area (Å²) < 4.78 is 16.0. The fourth-order valence-corrected chi connectivity index (χ4v) is 2.17. The van der Waals surface area contributed by atoms with Gasteiger partial charge < -0.3 is 14.2 Å². The predicted octanol–water partition coefficient (Wildman–Crippen LogP) is 2.51. The summed E-state index contributed by atoms with van der Waals surface area (Å²) >= 11 is 0. The lowest BCUT2D eigenvalue weighted by Crippen LogP contribution is -2.15. The molecule has 0 radical (unpaired) electrons. The zero-order valence-electron chi connectivity index (χ0n) is 10.8. The lowest BCUT2D eigenvalue weighted by Gasteiger charge is -2.16. The van der Waals surface area contributed by atoms with Crippen LogP contribution in [0.1, 0.15) is 31.2 Å². The van der Waals surface area contributed by atoms with E-state index in [1.807, 2.05) is 25.1 Å². The average molecular weight is 250 g/mol. The SMILES string of the molecule is CCOC(=O)C1CCCOc2ccc(OC)cc21. The molecule has 1 atom stereocenters. The maximum absolute atomic E-state index is 12.0. The molecule has 1 aromatic carbocycles. The highest BCUT2D eigenvalue weighted by Crippen LogP contribution is 2.36. The van der Waals surface area contributed by atoms with Crippen LogP contribution in [0.3, 0.4) is 0 Å². The third kappa shape index (κ3) is 2.58. The molecule has 1 aliphatic heterocycles. The number of carbonyl (C=O) groups excluding carboxylic acids is 1. The highest BCUT2D eigenvalue weighted by atomic mass is 16.5. The first kappa shape index (κ1) is 12.7. The Morgan fingerprint density at radius 1 is 1.50 bits per heavy atom. The van der Waals surface area contributed by atoms with E-state index in [1.165, 1.54) is 0 Å². The summed E-state index contributed by atoms with van der Waals surface area (Å²) in [6, 6.07) is 5.56. The minimum Gasteiger partial charge on any atom is -0.497 e. The molecule has 1 heterocycles. The number of hydrogen-bond donors (Lipinski definition) is 0. The second kappa shape index (κ2) is 5.76. The van der Waals surface area contributed by atoms with Crippen LogP contribution in [-0.2, 0) is 9.53 Å². The summed E-state index contributed by atoms with van der Waals surface area (Å²) in [7, 11) is 1.61. The van der Waals surface area contributed by atoms with E-state index in [9.17, 15) is 4.79 Å². The van der Waals surface area contributed by atoms with E-state index in [-0.39, 0.29) is 11.9 Å². The standard InChI is InChI=1S/C14H18O4/c1-3-17-14(15)11-5-4-8-18-13-7-6-10(16-2)9-12(11)13/h6-7,9,11H,3-5,8H2,1-2H3. The molecule has 4 heteroatoms. The van der Waals surface area contributed by atoms with Gasteiger partial charge in [0.05, 0.1) is 26.2 Å². The molecule has 0 N–H and O–H groups in total. The van der Waals surface area contributed by atoms with Crippen molar-refractivity contribution >= 4 is 5.97 Å². The average Bonchev–Trinajstić information content (AvgIpc) is 2.60. The Hall–Kier alpha value is -1.71. The smallest absolute Gasteiger partial charge is 0.313 e. The van der Waals surface area contributed by atoms with E-state index in [4.69, 9.17) is 14.2 Å². The zero-order valence-corrected chi connectivity index (χ0v) is 10.8. The zero-order chi connectivity index (χ0) is 13.0. The van der Waals surface area contributed by atoms with Crippen molar-refractivity contribution in [2.24, 2.45) is 0 Å². The molecule has 0 fully saturated rings. The van der Waals surface area contributed by atoms with Crippen LogP contribution >= 0.6 is 0 Å². The van der Waals surface area contributed by atoms with Gasteiger partial charge in [-0.1, -0.05) is 0 Å². The number of hydrogen-bond acceptors (Lipinski definition) is 4. The molecule has 98 valence electrons. The molecule has 0 aromatic heterocycles. The number of methoxy groups -OCH3 is 1. The maximum atomic E-state index is 12.0. The molecule has 0 saturated carbocycles. The number of fused-ring (bicyclic) bond motifs is 1. The number of carbonyl (C=O) groups is 1. The normalized spacial score (nSPS) is 18.2. The van der Waals surface area contributed by atoms with Crippen molar-refractivity contribution in [2.45, 2.75) is 25.7 Å². The van der Waals surface area contributed by atoms with Gasteiger partial charge in [-0.25, -0.2) is 0 Å². The Morgan fingerprint density at radius 2 is 2.33 bits per heavy atom. The number of ether oxygens (including phenoxy) is 3. The topological polar surface area (TPSA) is 44.8 Å². The molecule has 0 bridgehead atoms. The monoisotopic (exact) mass is 250 g/mol. The first-order valence-electron chi connectivity index (χ1n) is 6.23. The van der Waals surface area contributed by atoms with Gasteiger partial charge >= 0.3 is 5.97 Å². The molecule has 0 amide bonds. The van der Waals surface area contributed by atoms with Gasteiger partial charge in [-0.15, -0.1) is 0 Å². The molecule has 1 unspecified atom stereocenters. The maximum Gasteiger partial charge on any atom is 0.313 e. The van der Waals surface area contributed by atoms with Crippen molar-refractivity contribution in [1.82, 2.24) is 0 Å². The first-order chi connectivity index (χ1) is 8.76. The van der Waals surface area contributed by atoms with Gasteiger partial charge in [-0.3, -0.25) is 4.79 Å². The fraction of sp³-hybridized carbons (Fsp3) is 0.500. The van der Waals surface area contributed by atoms with Gasteiger partial charge in [0, 0.05) is 5.56 Å². The molecule has 1 aromatic rings. The van der Waals surface area contributed by atoms with Gasteiger partial charge in [0.2, 0.25) is 0 Å². The summed E-state index contributed by atoms with van der Waals surface area (Å²) in [5.41, 5.74) is 0.866. The number of rotatable bonds is 3. The van der Waals surface area contributed by atoms with Crippen LogP contribution in [0.15, 0.2) is 18.2 Å². The summed E-state index contributed by atoms with van der Waals surface area (Å²) in [4.78, 5) is 12.0. The lowest BCUT2D eigenvalue weighted by molar-refractivity contribution is -0.145. The van der Waals surface area contributed by atoms with Crippen molar-refractivity contribution in [3.05, 3.63) is 23.8 Å². The number of esters is 1. The third-order valence-corrected chi connectivity index (χ3v) is 3.06. The quantitative estimate of drug-likeness (QED) is 0.773. The Balaban J connectivity index is 2.35. The molecule has 4 nitrogen and oxygen atoms in total. The Bertz CT molecular complexity index is 428. The van der Waals surface area contributed by atoms with Gasteiger partial charge in [-0.05, 0) is 38.0 Å². The minimum absolute atomic E-state index is 0.183. The van der Waals surface area contributed by atoms with Crippen LogP contribution in [0, 0.1) is 0 Å². The molecular weight excluding hydrogens is 232 g/mol. The van der Waals surface area contributed by atoms with Gasteiger partial charge in [-0.2, -0.15) is 0 Å². The van der Waals surface area contributed by atoms with Gasteiger partial charge in [0.15, 0.2) is 0 Å². The van der Waals surface area contributed by atoms with Crippen LogP contribution in [0.4, 0.5) is 0 Å². The first-order valence-corrected chi connectivity index (χ1v) is 6.23. The van der Waals surface area contributed by atoms with Crippen LogP contribution in [0.25, 0.3) is 0 Å². The molecule has 2 rings (SSSR count). The van der Waals surface area contributed by atoms with Crippen molar-refractivity contribution < 1.29 is 19.0 Å². The molecule has 18 heavy (non-hydrogen) atoms. The summed E-state index contributed by atoms with van der Waals surface area (Å²) in [5, 5.41) is 0. The second-order valence-electron chi connectivity index (χ2n) is 4.20. The van der Waals surface area contributed by atoms with E-state index in [0.717, 1.165) is 29.9 Å². The van der Waals surface area contributed by atoms with Crippen LogP contribution in [0.2, 0.25) is 0 Å². The van der Waals surface area contributed by atoms with E-state index < -0.39 is 0 Å². The van der Waals surface area contributed by atoms with Crippen LogP contribution < -0.4 is 9.47 Å². The van der Waals surface area contributed by atoms with Crippen molar-refractivity contribution in [2.75, 3.05) is 20.3 Å². The summed E-state index contributed by atoms with van der Waals surface area (Å²) in [5.74, 6) is 1.05. The molecule has 1 aliphatic rings. The van der Waals surface area contributed by atoms with Crippen molar-refractivity contribution in [3.63, 3.8) is 0 Å². The second-order valence-corrected chi connectivity index (χ2v) is 4.20. The van der Waals surface area contributed by atoms with Crippen LogP contribution in [0.5, 0.6) is 11.5 Å². The molecule has 0 aliphatic carbocycles. The van der Waals surface area contributed by atoms with Crippen LogP contribution in [-0.4, -0.2) is 26.3 Å². The highest BCUT2D eigenvalue weighted by molar-refractivity contribution is 5.79. The van der Waals surface area contributed by atoms with Crippen molar-refractivity contribution in [3.8, 4) is 11.5 Å². The third-order valence-electron chi connectivity index (χ3n) is 3.06. The predicted molar refractivity (Wildman–Crippen MR) is 67.1 cm³/mol. The Labute approximate surface area is 107 Å². The lowest BCUT2D eigenvalue weighted by atomic mass is 9.94. The van der Waals surface area contributed by atoms with E-state index in [2.05, 4.69) is 0 Å². The number of benzene rings is 1. The van der Waals surface area contributed by atoms with Crippen molar-refractivity contribution in [1.29, 1.82) is 0 Å². The highest BCUT2D eigenvalue weighted by Gasteiger charge is 2.27. The Kier molecular flexibility index (Phi) is 4.07. The van der Waals surface area contributed by atoms with E-state index >= 15 is 0 Å². The molecule has 0 spiro atoms. The molecule has 0 saturated heterocycles. The largest absolute Gasteiger partial charge is 0.497 e. The van der Waals surface area contributed by atoms with E-state index in [1.54, 1.807) is 7.11 Å². The minimum atomic E-state index is -0.252. The summed E-state index contributed by atoms with van der Waals surface area (Å²) in [6.07, 6.45) is 1.60. The fourth-order valence-electron chi connectivity index (χ4n) is 2.17.